The first-order valence-electron chi connectivity index (χ1n) is 27.8. The highest BCUT2D eigenvalue weighted by Crippen LogP contribution is 2.24. The van der Waals surface area contributed by atoms with Gasteiger partial charge in [-0.1, -0.05) is 40.2 Å². The topological polar surface area (TPSA) is 379 Å². The minimum Gasteiger partial charge on any atom is -0.480 e. The van der Waals surface area contributed by atoms with Crippen LogP contribution in [0.15, 0.2) is 18.2 Å². The molecule has 26 nitrogen and oxygen atoms in total. The lowest BCUT2D eigenvalue weighted by atomic mass is 9.87. The van der Waals surface area contributed by atoms with Gasteiger partial charge in [-0.3, -0.25) is 72.5 Å². The minimum atomic E-state index is -1.29. The lowest BCUT2D eigenvalue weighted by molar-refractivity contribution is -0.140. The number of thioether (sulfide) groups is 2. The molecule has 0 aromatic carbocycles. The third-order valence-electron chi connectivity index (χ3n) is 13.9. The highest BCUT2D eigenvalue weighted by atomic mass is 32.2. The number of aliphatic carboxylic acids is 3. The van der Waals surface area contributed by atoms with Gasteiger partial charge in [0.1, 0.15) is 23.7 Å². The summed E-state index contributed by atoms with van der Waals surface area (Å²) in [4.78, 5) is 137. The molecule has 2 fully saturated rings. The molecule has 2 aliphatic heterocycles. The van der Waals surface area contributed by atoms with Crippen molar-refractivity contribution < 1.29 is 68.0 Å². The molecule has 1 aromatic heterocycles. The van der Waals surface area contributed by atoms with Crippen molar-refractivity contribution in [3.05, 3.63) is 29.6 Å². The lowest BCUT2D eigenvalue weighted by Crippen LogP contribution is -2.64. The fourth-order valence-corrected chi connectivity index (χ4v) is 10.8. The number of nitrogens with one attached hydrogen (secondary N) is 5. The molecule has 28 heteroatoms. The van der Waals surface area contributed by atoms with Crippen molar-refractivity contribution in [1.82, 2.24) is 51.2 Å². The maximum absolute atomic E-state index is 14.0. The molecule has 0 unspecified atom stereocenters. The number of amides is 7. The SMILES string of the molecule is CC[C@H](C)[C@H](NC(=O)[C@H](CC(C)C)NC(=O)C1(NC(=O)CCSCc2cccc(CSCCC(=O)N[C@H](CCCCNC(=O)CN3CCN(CC(=O)O)CCN(CC(=O)O)CCN(CC(=O)O)CC3)C(N)=O)n2)CCOCC1)C(N)=O. The average molecular weight is 1180 g/mol. The highest BCUT2D eigenvalue weighted by Gasteiger charge is 2.43. The van der Waals surface area contributed by atoms with Gasteiger partial charge >= 0.3 is 17.9 Å². The first-order valence-corrected chi connectivity index (χ1v) is 30.1. The lowest BCUT2D eigenvalue weighted by Gasteiger charge is -2.38. The summed E-state index contributed by atoms with van der Waals surface area (Å²) in [7, 11) is 0. The van der Waals surface area contributed by atoms with Crippen LogP contribution in [0.1, 0.15) is 96.9 Å². The van der Waals surface area contributed by atoms with Crippen LogP contribution in [0.5, 0.6) is 0 Å². The van der Waals surface area contributed by atoms with Crippen LogP contribution in [0.25, 0.3) is 0 Å². The zero-order valence-electron chi connectivity index (χ0n) is 47.5. The van der Waals surface area contributed by atoms with Gasteiger partial charge < -0.3 is 58.1 Å². The number of pyridine rings is 1. The van der Waals surface area contributed by atoms with E-state index in [-0.39, 0.29) is 147 Å². The van der Waals surface area contributed by atoms with Crippen LogP contribution in [0, 0.1) is 11.8 Å². The van der Waals surface area contributed by atoms with Gasteiger partial charge in [0.25, 0.3) is 0 Å². The maximum Gasteiger partial charge on any atom is 0.317 e. The molecule has 2 saturated heterocycles. The van der Waals surface area contributed by atoms with E-state index in [1.54, 1.807) is 14.7 Å². The number of hydrogen-bond donors (Lipinski definition) is 10. The summed E-state index contributed by atoms with van der Waals surface area (Å²) in [5, 5.41) is 42.5. The Balaban J connectivity index is 1.40. The number of carbonyl (C=O) groups is 10. The van der Waals surface area contributed by atoms with E-state index >= 15 is 0 Å². The van der Waals surface area contributed by atoms with E-state index in [1.165, 1.54) is 23.5 Å². The van der Waals surface area contributed by atoms with E-state index in [4.69, 9.17) is 21.2 Å². The number of hydrogen-bond acceptors (Lipinski definition) is 18. The first kappa shape index (κ1) is 69.6. The Kier molecular flexibility index (Phi) is 32.2. The zero-order valence-corrected chi connectivity index (χ0v) is 49.1. The molecule has 7 amide bonds. The standard InChI is InChI=1S/C53H88N12O14S2/c1-5-37(4)48(50(55)76)60-51(77)41(29-36(2)3)59-52(78)53(14-25-79-26-15-53)61-43(67)13-28-81-35-39-10-8-9-38(57-39)34-80-27-12-42(66)58-40(49(54)75)11-6-7-16-56-44(68)30-62-17-19-63(31-45(69)70)21-23-65(33-47(73)74)24-22-64(20-18-62)32-46(71)72/h8-10,36-37,40-41,48H,5-7,11-35H2,1-4H3,(H2,54,75)(H2,55,76)(H,56,68)(H,58,66)(H,59,78)(H,60,77)(H,61,67)(H,69,70)(H,71,72)(H,73,74)/t37-,40+,41-,48-/m0/s1. The monoisotopic (exact) mass is 1180 g/mol. The highest BCUT2D eigenvalue weighted by molar-refractivity contribution is 7.98. The van der Waals surface area contributed by atoms with Crippen molar-refractivity contribution in [1.29, 1.82) is 0 Å². The second-order valence-electron chi connectivity index (χ2n) is 21.1. The third kappa shape index (κ3) is 28.3. The molecule has 0 spiro atoms. The van der Waals surface area contributed by atoms with Gasteiger partial charge in [0.05, 0.1) is 37.6 Å². The van der Waals surface area contributed by atoms with Gasteiger partial charge in [-0.2, -0.15) is 23.5 Å². The van der Waals surface area contributed by atoms with E-state index in [0.717, 1.165) is 11.4 Å². The summed E-state index contributed by atoms with van der Waals surface area (Å²) in [5.74, 6) is -4.71. The van der Waals surface area contributed by atoms with Crippen molar-refractivity contribution in [3.63, 3.8) is 0 Å². The van der Waals surface area contributed by atoms with Crippen molar-refractivity contribution in [2.75, 3.05) is 110 Å². The fourth-order valence-electron chi connectivity index (χ4n) is 9.11. The number of carboxylic acid groups (broad SMARTS) is 3. The Morgan fingerprint density at radius 2 is 1.15 bits per heavy atom. The molecular formula is C53H88N12O14S2. The van der Waals surface area contributed by atoms with Crippen LogP contribution >= 0.6 is 23.5 Å². The van der Waals surface area contributed by atoms with Crippen molar-refractivity contribution >= 4 is 82.8 Å². The van der Waals surface area contributed by atoms with Crippen LogP contribution in [-0.2, 0) is 64.2 Å². The number of carboxylic acids is 3. The Labute approximate surface area is 483 Å². The second kappa shape index (κ2) is 37.5. The summed E-state index contributed by atoms with van der Waals surface area (Å²) in [6.07, 6.45) is 2.81. The molecule has 4 atom stereocenters. The molecular weight excluding hydrogens is 1090 g/mol. The van der Waals surface area contributed by atoms with Crippen molar-refractivity contribution in [2.24, 2.45) is 23.3 Å². The largest absolute Gasteiger partial charge is 0.480 e. The summed E-state index contributed by atoms with van der Waals surface area (Å²) < 4.78 is 5.54. The fraction of sp³-hybridized carbons (Fsp3) is 0.717. The van der Waals surface area contributed by atoms with Gasteiger partial charge in [-0.15, -0.1) is 0 Å². The number of nitrogens with two attached hydrogens (primary N) is 2. The van der Waals surface area contributed by atoms with E-state index < -0.39 is 65.2 Å². The summed E-state index contributed by atoms with van der Waals surface area (Å²) in [6.45, 7) is 9.61. The van der Waals surface area contributed by atoms with Gasteiger partial charge in [0.2, 0.25) is 41.4 Å². The molecule has 1 aromatic rings. The second-order valence-corrected chi connectivity index (χ2v) is 23.3. The zero-order chi connectivity index (χ0) is 59.9. The van der Waals surface area contributed by atoms with Crippen LogP contribution < -0.4 is 38.1 Å². The Hall–Kier alpha value is -5.65. The van der Waals surface area contributed by atoms with E-state index in [9.17, 15) is 63.3 Å². The molecule has 3 heterocycles. The molecule has 0 radical (unpaired) electrons. The number of unbranched alkanes of at least 4 members (excludes halogenated alkanes) is 1. The quantitative estimate of drug-likeness (QED) is 0.0375. The molecule has 3 rings (SSSR count). The number of aromatic nitrogens is 1. The van der Waals surface area contributed by atoms with Gasteiger partial charge in [-0.05, 0) is 49.7 Å². The van der Waals surface area contributed by atoms with E-state index in [0.29, 0.717) is 61.8 Å². The molecule has 12 N–H and O–H groups in total. The Bertz CT molecular complexity index is 2200. The number of carbonyl (C=O) groups excluding carboxylic acids is 7. The first-order chi connectivity index (χ1) is 38.5. The molecule has 81 heavy (non-hydrogen) atoms. The number of ether oxygens (including phenoxy) is 1. The third-order valence-corrected chi connectivity index (χ3v) is 15.9. The average Bonchev–Trinajstić information content (AvgIpc) is 3.46. The van der Waals surface area contributed by atoms with Gasteiger partial charge in [0.15, 0.2) is 0 Å². The van der Waals surface area contributed by atoms with Crippen LogP contribution in [0.4, 0.5) is 0 Å². The summed E-state index contributed by atoms with van der Waals surface area (Å²) in [5.41, 5.74) is 11.6. The summed E-state index contributed by atoms with van der Waals surface area (Å²) >= 11 is 3.01. The smallest absolute Gasteiger partial charge is 0.317 e. The van der Waals surface area contributed by atoms with Crippen molar-refractivity contribution in [2.45, 2.75) is 121 Å². The van der Waals surface area contributed by atoms with Gasteiger partial charge in [0, 0.05) is 121 Å². The summed E-state index contributed by atoms with van der Waals surface area (Å²) in [6, 6.07) is 2.89. The maximum atomic E-state index is 14.0. The predicted molar refractivity (Wildman–Crippen MR) is 305 cm³/mol. The molecule has 0 saturated carbocycles. The molecule has 0 aliphatic carbocycles. The molecule has 456 valence electrons. The Morgan fingerprint density at radius 3 is 1.60 bits per heavy atom. The molecule has 2 aliphatic rings. The van der Waals surface area contributed by atoms with Crippen LogP contribution in [0.3, 0.4) is 0 Å². The van der Waals surface area contributed by atoms with Crippen LogP contribution in [-0.4, -0.2) is 233 Å². The van der Waals surface area contributed by atoms with E-state index in [1.807, 2.05) is 50.8 Å². The minimum absolute atomic E-state index is 0.0244. The number of primary amides is 2. The number of nitrogens with zero attached hydrogens (tertiary/aromatic N) is 5. The number of rotatable bonds is 35. The van der Waals surface area contributed by atoms with E-state index in [2.05, 4.69) is 26.6 Å². The molecule has 0 bridgehead atoms. The van der Waals surface area contributed by atoms with Crippen molar-refractivity contribution in [3.8, 4) is 0 Å². The Morgan fingerprint density at radius 1 is 0.654 bits per heavy atom. The van der Waals surface area contributed by atoms with Crippen LogP contribution in [0.2, 0.25) is 0 Å². The normalized spacial score (nSPS) is 17.4. The predicted octanol–water partition coefficient (Wildman–Crippen LogP) is -0.727. The van der Waals surface area contributed by atoms with Gasteiger partial charge in [-0.25, -0.2) is 0 Å².